The van der Waals surface area contributed by atoms with Crippen molar-refractivity contribution in [1.82, 2.24) is 10.3 Å². The van der Waals surface area contributed by atoms with E-state index in [0.29, 0.717) is 13.2 Å². The Morgan fingerprint density at radius 3 is 2.50 bits per heavy atom. The standard InChI is InChI=1S/C19H27N3O2/c1-22(2)13-8-14-24-19-16(9-7-12-18(19)23-3)15-20-21-17-10-5-4-6-11-17/h4-7,9-12,20-21H,8,13-15H2,1-3H3. The molecule has 0 saturated carbocycles. The SMILES string of the molecule is COc1cccc(CNNc2ccccc2)c1OCCCN(C)C. The zero-order valence-corrected chi connectivity index (χ0v) is 14.7. The molecule has 5 heteroatoms. The molecule has 2 rings (SSSR count). The van der Waals surface area contributed by atoms with E-state index in [1.807, 2.05) is 48.5 Å². The zero-order valence-electron chi connectivity index (χ0n) is 14.7. The summed E-state index contributed by atoms with van der Waals surface area (Å²) in [5, 5.41) is 0. The molecule has 0 unspecified atom stereocenters. The Balaban J connectivity index is 1.94. The highest BCUT2D eigenvalue weighted by atomic mass is 16.5. The zero-order chi connectivity index (χ0) is 17.2. The van der Waals surface area contributed by atoms with E-state index < -0.39 is 0 Å². The number of methoxy groups -OCH3 is 1. The van der Waals surface area contributed by atoms with E-state index in [2.05, 4.69) is 29.8 Å². The van der Waals surface area contributed by atoms with Gasteiger partial charge < -0.3 is 19.8 Å². The number of nitrogens with one attached hydrogen (secondary N) is 2. The first-order chi connectivity index (χ1) is 11.7. The summed E-state index contributed by atoms with van der Waals surface area (Å²) in [6.45, 7) is 2.30. The maximum atomic E-state index is 5.99. The maximum absolute atomic E-state index is 5.99. The van der Waals surface area contributed by atoms with E-state index in [1.165, 1.54) is 0 Å². The second kappa shape index (κ2) is 9.80. The summed E-state index contributed by atoms with van der Waals surface area (Å²) in [4.78, 5) is 2.15. The smallest absolute Gasteiger partial charge is 0.165 e. The van der Waals surface area contributed by atoms with Crippen molar-refractivity contribution in [2.45, 2.75) is 13.0 Å². The Kier molecular flexibility index (Phi) is 7.39. The van der Waals surface area contributed by atoms with Crippen molar-refractivity contribution in [3.05, 3.63) is 54.1 Å². The van der Waals surface area contributed by atoms with Crippen molar-refractivity contribution in [3.8, 4) is 11.5 Å². The number of hydrazine groups is 1. The van der Waals surface area contributed by atoms with Gasteiger partial charge in [-0.25, -0.2) is 5.43 Å². The van der Waals surface area contributed by atoms with Gasteiger partial charge in [-0.05, 0) is 38.7 Å². The molecule has 0 heterocycles. The average Bonchev–Trinajstić information content (AvgIpc) is 2.60. The molecule has 0 aliphatic carbocycles. The number of hydrogen-bond acceptors (Lipinski definition) is 5. The fraction of sp³-hybridized carbons (Fsp3) is 0.368. The van der Waals surface area contributed by atoms with Crippen molar-refractivity contribution < 1.29 is 9.47 Å². The Morgan fingerprint density at radius 2 is 1.79 bits per heavy atom. The van der Waals surface area contributed by atoms with Gasteiger partial charge in [0.15, 0.2) is 11.5 Å². The van der Waals surface area contributed by atoms with Crippen LogP contribution in [0.15, 0.2) is 48.5 Å². The number of rotatable bonds is 10. The van der Waals surface area contributed by atoms with Gasteiger partial charge >= 0.3 is 0 Å². The summed E-state index contributed by atoms with van der Waals surface area (Å²) in [5.74, 6) is 1.57. The molecule has 0 atom stereocenters. The van der Waals surface area contributed by atoms with E-state index in [1.54, 1.807) is 7.11 Å². The molecule has 0 spiro atoms. The summed E-state index contributed by atoms with van der Waals surface area (Å²) in [6.07, 6.45) is 0.972. The van der Waals surface area contributed by atoms with Crippen molar-refractivity contribution in [1.29, 1.82) is 0 Å². The van der Waals surface area contributed by atoms with Gasteiger partial charge in [-0.1, -0.05) is 30.3 Å². The molecule has 0 bridgehead atoms. The van der Waals surface area contributed by atoms with Gasteiger partial charge in [-0.3, -0.25) is 0 Å². The summed E-state index contributed by atoms with van der Waals surface area (Å²) >= 11 is 0. The molecule has 0 saturated heterocycles. The fourth-order valence-corrected chi connectivity index (χ4v) is 2.34. The third-order valence-electron chi connectivity index (χ3n) is 3.56. The predicted octanol–water partition coefficient (Wildman–Crippen LogP) is 3.14. The first kappa shape index (κ1) is 18.1. The molecule has 0 amide bonds. The van der Waals surface area contributed by atoms with Crippen LogP contribution in [0.2, 0.25) is 0 Å². The minimum Gasteiger partial charge on any atom is -0.493 e. The first-order valence-electron chi connectivity index (χ1n) is 8.18. The highest BCUT2D eigenvalue weighted by Gasteiger charge is 2.10. The van der Waals surface area contributed by atoms with Crippen molar-refractivity contribution in [2.75, 3.05) is 39.8 Å². The molecular formula is C19H27N3O2. The van der Waals surface area contributed by atoms with Crippen LogP contribution >= 0.6 is 0 Å². The molecule has 0 radical (unpaired) electrons. The van der Waals surface area contributed by atoms with E-state index >= 15 is 0 Å². The summed E-state index contributed by atoms with van der Waals surface area (Å²) in [5.41, 5.74) is 8.49. The number of benzene rings is 2. The van der Waals surface area contributed by atoms with Crippen LogP contribution in [0.3, 0.4) is 0 Å². The van der Waals surface area contributed by atoms with Crippen LogP contribution in [0.25, 0.3) is 0 Å². The molecule has 2 N–H and O–H groups in total. The summed E-state index contributed by atoms with van der Waals surface area (Å²) in [6, 6.07) is 16.0. The molecule has 0 fully saturated rings. The minimum atomic E-state index is 0.634. The van der Waals surface area contributed by atoms with Gasteiger partial charge in [0, 0.05) is 24.3 Å². The highest BCUT2D eigenvalue weighted by molar-refractivity contribution is 5.47. The lowest BCUT2D eigenvalue weighted by molar-refractivity contribution is 0.265. The molecule has 0 aromatic heterocycles. The van der Waals surface area contributed by atoms with Crippen LogP contribution in [0.5, 0.6) is 11.5 Å². The van der Waals surface area contributed by atoms with Crippen molar-refractivity contribution >= 4 is 5.69 Å². The monoisotopic (exact) mass is 329 g/mol. The molecular weight excluding hydrogens is 302 g/mol. The molecule has 24 heavy (non-hydrogen) atoms. The molecule has 130 valence electrons. The van der Waals surface area contributed by atoms with E-state index in [4.69, 9.17) is 9.47 Å². The lowest BCUT2D eigenvalue weighted by Crippen LogP contribution is -2.21. The Morgan fingerprint density at radius 1 is 1.00 bits per heavy atom. The van der Waals surface area contributed by atoms with Crippen LogP contribution in [0, 0.1) is 0 Å². The molecule has 5 nitrogen and oxygen atoms in total. The van der Waals surface area contributed by atoms with Gasteiger partial charge in [-0.2, -0.15) is 0 Å². The molecule has 0 aliphatic rings. The van der Waals surface area contributed by atoms with Gasteiger partial charge in [0.1, 0.15) is 0 Å². The van der Waals surface area contributed by atoms with Crippen LogP contribution < -0.4 is 20.3 Å². The Bertz CT molecular complexity index is 603. The van der Waals surface area contributed by atoms with Crippen LogP contribution in [0.1, 0.15) is 12.0 Å². The van der Waals surface area contributed by atoms with Crippen LogP contribution in [0.4, 0.5) is 5.69 Å². The van der Waals surface area contributed by atoms with Gasteiger partial charge in [0.05, 0.1) is 13.7 Å². The Labute approximate surface area is 144 Å². The number of hydrogen-bond donors (Lipinski definition) is 2. The third-order valence-corrected chi connectivity index (χ3v) is 3.56. The van der Waals surface area contributed by atoms with E-state index in [-0.39, 0.29) is 0 Å². The summed E-state index contributed by atoms with van der Waals surface area (Å²) in [7, 11) is 5.79. The number of anilines is 1. The van der Waals surface area contributed by atoms with E-state index in [0.717, 1.165) is 35.7 Å². The van der Waals surface area contributed by atoms with Crippen molar-refractivity contribution in [3.63, 3.8) is 0 Å². The van der Waals surface area contributed by atoms with Crippen LogP contribution in [-0.4, -0.2) is 39.3 Å². The van der Waals surface area contributed by atoms with Gasteiger partial charge in [0.25, 0.3) is 0 Å². The molecule has 0 aliphatic heterocycles. The molecule has 2 aromatic carbocycles. The largest absolute Gasteiger partial charge is 0.493 e. The highest BCUT2D eigenvalue weighted by Crippen LogP contribution is 2.31. The molecule has 2 aromatic rings. The second-order valence-electron chi connectivity index (χ2n) is 5.80. The van der Waals surface area contributed by atoms with Crippen molar-refractivity contribution in [2.24, 2.45) is 0 Å². The second-order valence-corrected chi connectivity index (χ2v) is 5.80. The average molecular weight is 329 g/mol. The van der Waals surface area contributed by atoms with Gasteiger partial charge in [-0.15, -0.1) is 0 Å². The van der Waals surface area contributed by atoms with Gasteiger partial charge in [0.2, 0.25) is 0 Å². The Hall–Kier alpha value is -2.24. The predicted molar refractivity (Wildman–Crippen MR) is 98.6 cm³/mol. The minimum absolute atomic E-state index is 0.634. The maximum Gasteiger partial charge on any atom is 0.165 e. The number of para-hydroxylation sites is 2. The number of nitrogens with zero attached hydrogens (tertiary/aromatic N) is 1. The fourth-order valence-electron chi connectivity index (χ4n) is 2.34. The summed E-state index contributed by atoms with van der Waals surface area (Å²) < 4.78 is 11.4. The normalized spacial score (nSPS) is 10.7. The lowest BCUT2D eigenvalue weighted by Gasteiger charge is -2.17. The number of ether oxygens (including phenoxy) is 2. The van der Waals surface area contributed by atoms with E-state index in [9.17, 15) is 0 Å². The van der Waals surface area contributed by atoms with Crippen LogP contribution in [-0.2, 0) is 6.54 Å². The topological polar surface area (TPSA) is 45.8 Å². The lowest BCUT2D eigenvalue weighted by atomic mass is 10.2. The quantitative estimate of drug-likeness (QED) is 0.518. The first-order valence-corrected chi connectivity index (χ1v) is 8.18. The third kappa shape index (κ3) is 5.76.